The Balaban J connectivity index is 0.00000140. The van der Waals surface area contributed by atoms with Gasteiger partial charge in [-0.15, -0.1) is 36.2 Å². The maximum Gasteiger partial charge on any atom is 0.298 e. The number of hydrogen-bond acceptors (Lipinski definition) is 7. The molecule has 0 aliphatic carbocycles. The second kappa shape index (κ2) is 9.56. The normalized spacial score (nSPS) is 13.9. The predicted octanol–water partition coefficient (Wildman–Crippen LogP) is 2.90. The molecule has 0 bridgehead atoms. The average molecular weight is 444 g/mol. The van der Waals surface area contributed by atoms with Gasteiger partial charge in [-0.1, -0.05) is 6.07 Å². The lowest BCUT2D eigenvalue weighted by molar-refractivity contribution is 0.0739. The molecule has 152 valence electrons. The molecule has 1 fully saturated rings. The van der Waals surface area contributed by atoms with Gasteiger partial charge in [-0.05, 0) is 31.2 Å². The Morgan fingerprint density at radius 1 is 1.21 bits per heavy atom. The maximum atomic E-state index is 12.6. The number of nitrogens with zero attached hydrogens (tertiary/aromatic N) is 4. The summed E-state index contributed by atoms with van der Waals surface area (Å²) in [4.78, 5) is 25.5. The van der Waals surface area contributed by atoms with E-state index in [1.165, 1.54) is 11.3 Å². The van der Waals surface area contributed by atoms with E-state index < -0.39 is 0 Å². The van der Waals surface area contributed by atoms with Crippen molar-refractivity contribution in [2.75, 3.05) is 37.6 Å². The van der Waals surface area contributed by atoms with Gasteiger partial charge in [0.2, 0.25) is 0 Å². The quantitative estimate of drug-likeness (QED) is 0.666. The monoisotopic (exact) mass is 443 g/mol. The molecule has 0 unspecified atom stereocenters. The van der Waals surface area contributed by atoms with Gasteiger partial charge in [0, 0.05) is 38.0 Å². The number of carbonyl (C=O) groups excluding carboxylic acids is 1. The van der Waals surface area contributed by atoms with E-state index >= 15 is 0 Å². The number of anilines is 1. The Morgan fingerprint density at radius 3 is 2.68 bits per heavy atom. The molecule has 2 N–H and O–H groups in total. The lowest BCUT2D eigenvalue weighted by Gasteiger charge is -2.33. The second-order valence-corrected chi connectivity index (χ2v) is 7.35. The molecule has 4 rings (SSSR count). The molecule has 1 saturated heterocycles. The molecule has 0 atom stereocenters. The largest absolute Gasteiger partial charge is 0.423 e. The molecule has 28 heavy (non-hydrogen) atoms. The van der Waals surface area contributed by atoms with E-state index in [-0.39, 0.29) is 30.7 Å². The Labute approximate surface area is 179 Å². The van der Waals surface area contributed by atoms with Gasteiger partial charge in [-0.3, -0.25) is 4.79 Å². The van der Waals surface area contributed by atoms with E-state index in [0.29, 0.717) is 50.9 Å². The number of aromatic nitrogens is 2. The number of nitrogens with two attached hydrogens (primary N) is 1. The van der Waals surface area contributed by atoms with Crippen LogP contribution in [-0.4, -0.2) is 53.5 Å². The highest BCUT2D eigenvalue weighted by atomic mass is 35.5. The van der Waals surface area contributed by atoms with E-state index in [1.54, 1.807) is 0 Å². The Morgan fingerprint density at radius 2 is 1.96 bits per heavy atom. The van der Waals surface area contributed by atoms with Gasteiger partial charge in [0.1, 0.15) is 11.2 Å². The van der Waals surface area contributed by atoms with Crippen LogP contribution >= 0.6 is 36.2 Å². The predicted molar refractivity (Wildman–Crippen MR) is 116 cm³/mol. The lowest BCUT2D eigenvalue weighted by atomic mass is 10.2. The van der Waals surface area contributed by atoms with Crippen molar-refractivity contribution in [3.63, 3.8) is 0 Å². The number of halogens is 2. The number of fused-ring (bicyclic) bond motifs is 1. The third kappa shape index (κ3) is 4.57. The summed E-state index contributed by atoms with van der Waals surface area (Å²) in [5.41, 5.74) is 8.88. The molecule has 10 heteroatoms. The minimum atomic E-state index is -0.0163. The summed E-state index contributed by atoms with van der Waals surface area (Å²) in [6, 6.07) is 6.60. The van der Waals surface area contributed by atoms with Crippen LogP contribution in [0.2, 0.25) is 0 Å². The summed E-state index contributed by atoms with van der Waals surface area (Å²) in [7, 11) is 0. The highest BCUT2D eigenvalue weighted by molar-refractivity contribution is 7.09. The third-order valence-corrected chi connectivity index (χ3v) is 5.41. The van der Waals surface area contributed by atoms with Gasteiger partial charge >= 0.3 is 0 Å². The highest BCUT2D eigenvalue weighted by Crippen LogP contribution is 2.24. The number of thiazole rings is 1. The van der Waals surface area contributed by atoms with Gasteiger partial charge < -0.3 is 20.0 Å². The van der Waals surface area contributed by atoms with Crippen molar-refractivity contribution in [3.05, 3.63) is 39.8 Å². The highest BCUT2D eigenvalue weighted by Gasteiger charge is 2.26. The first-order valence-electron chi connectivity index (χ1n) is 8.70. The van der Waals surface area contributed by atoms with Gasteiger partial charge in [0.05, 0.1) is 5.01 Å². The number of aryl methyl sites for hydroxylation is 1. The summed E-state index contributed by atoms with van der Waals surface area (Å²) in [6.07, 6.45) is 0.711. The zero-order valence-electron chi connectivity index (χ0n) is 15.5. The minimum absolute atomic E-state index is 0. The third-order valence-electron chi connectivity index (χ3n) is 4.50. The van der Waals surface area contributed by atoms with Crippen molar-refractivity contribution in [3.8, 4) is 0 Å². The number of piperazine rings is 1. The number of amides is 1. The zero-order valence-corrected chi connectivity index (χ0v) is 17.9. The summed E-state index contributed by atoms with van der Waals surface area (Å²) in [5, 5.41) is 2.74. The smallest absolute Gasteiger partial charge is 0.298 e. The van der Waals surface area contributed by atoms with Crippen molar-refractivity contribution >= 4 is 59.2 Å². The molecular formula is C18H23Cl2N5O2S. The first-order valence-corrected chi connectivity index (χ1v) is 9.58. The zero-order chi connectivity index (χ0) is 18.1. The van der Waals surface area contributed by atoms with Crippen LogP contribution in [0.25, 0.3) is 11.1 Å². The van der Waals surface area contributed by atoms with Crippen LogP contribution < -0.4 is 10.6 Å². The first-order chi connectivity index (χ1) is 12.6. The molecule has 0 spiro atoms. The van der Waals surface area contributed by atoms with Crippen LogP contribution in [0.15, 0.2) is 28.0 Å². The standard InChI is InChI=1S/C18H21N5O2S.2ClH/c1-12-2-3-15-13(10-12)21-18(25-15)23-8-6-22(7-9-23)17(24)14-11-26-16(20-14)4-5-19;;/h2-3,10-11H,4-9,19H2,1H3;2*1H. The first kappa shape index (κ1) is 22.4. The molecular weight excluding hydrogens is 421 g/mol. The van der Waals surface area contributed by atoms with E-state index in [1.807, 2.05) is 35.4 Å². The van der Waals surface area contributed by atoms with Crippen molar-refractivity contribution in [2.45, 2.75) is 13.3 Å². The SMILES string of the molecule is Cc1ccc2oc(N3CCN(C(=O)c4csc(CCN)n4)CC3)nc2c1.Cl.Cl. The van der Waals surface area contributed by atoms with Crippen LogP contribution in [-0.2, 0) is 6.42 Å². The molecule has 1 aromatic carbocycles. The van der Waals surface area contributed by atoms with E-state index in [2.05, 4.69) is 14.9 Å². The summed E-state index contributed by atoms with van der Waals surface area (Å²) < 4.78 is 5.86. The Hall–Kier alpha value is -1.87. The number of benzene rings is 1. The summed E-state index contributed by atoms with van der Waals surface area (Å²) >= 11 is 1.49. The fourth-order valence-corrected chi connectivity index (χ4v) is 3.86. The lowest BCUT2D eigenvalue weighted by Crippen LogP contribution is -2.49. The van der Waals surface area contributed by atoms with E-state index in [4.69, 9.17) is 10.2 Å². The van der Waals surface area contributed by atoms with E-state index in [9.17, 15) is 4.79 Å². The fourth-order valence-electron chi connectivity index (χ4n) is 3.07. The van der Waals surface area contributed by atoms with Crippen LogP contribution in [0.5, 0.6) is 0 Å². The molecule has 7 nitrogen and oxygen atoms in total. The Bertz CT molecular complexity index is 937. The van der Waals surface area contributed by atoms with Gasteiger partial charge in [0.15, 0.2) is 5.58 Å². The molecule has 0 saturated carbocycles. The van der Waals surface area contributed by atoms with Crippen LogP contribution in [0.4, 0.5) is 6.01 Å². The fraction of sp³-hybridized carbons (Fsp3) is 0.389. The molecule has 1 aliphatic rings. The molecule has 1 amide bonds. The van der Waals surface area contributed by atoms with Gasteiger partial charge in [0.25, 0.3) is 11.9 Å². The number of carbonyl (C=O) groups is 1. The molecule has 0 radical (unpaired) electrons. The molecule has 3 aromatic rings. The minimum Gasteiger partial charge on any atom is -0.423 e. The molecule has 3 heterocycles. The summed E-state index contributed by atoms with van der Waals surface area (Å²) in [6.45, 7) is 5.22. The van der Waals surface area contributed by atoms with Crippen LogP contribution in [0.1, 0.15) is 21.1 Å². The molecule has 2 aromatic heterocycles. The Kier molecular flexibility index (Phi) is 7.65. The number of rotatable bonds is 4. The van der Waals surface area contributed by atoms with Gasteiger partial charge in [-0.25, -0.2) is 4.98 Å². The van der Waals surface area contributed by atoms with Crippen LogP contribution in [0, 0.1) is 6.92 Å². The van der Waals surface area contributed by atoms with Crippen molar-refractivity contribution in [1.82, 2.24) is 14.9 Å². The van der Waals surface area contributed by atoms with Gasteiger partial charge in [-0.2, -0.15) is 4.98 Å². The van der Waals surface area contributed by atoms with Crippen LogP contribution in [0.3, 0.4) is 0 Å². The summed E-state index contributed by atoms with van der Waals surface area (Å²) in [5.74, 6) is -0.0163. The van der Waals surface area contributed by atoms with E-state index in [0.717, 1.165) is 21.7 Å². The second-order valence-electron chi connectivity index (χ2n) is 6.41. The molecule has 1 aliphatic heterocycles. The maximum absolute atomic E-state index is 12.6. The van der Waals surface area contributed by atoms with Crippen molar-refractivity contribution in [1.29, 1.82) is 0 Å². The number of oxazole rings is 1. The van der Waals surface area contributed by atoms with Crippen molar-refractivity contribution < 1.29 is 9.21 Å². The average Bonchev–Trinajstić information content (AvgIpc) is 3.28. The number of hydrogen-bond donors (Lipinski definition) is 1. The topological polar surface area (TPSA) is 88.5 Å². The van der Waals surface area contributed by atoms with Crippen molar-refractivity contribution in [2.24, 2.45) is 5.73 Å².